The van der Waals surface area contributed by atoms with Gasteiger partial charge in [-0.2, -0.15) is 11.8 Å². The molecule has 1 fully saturated rings. The number of nitrogens with one attached hydrogen (secondary N) is 1. The Hall–Kier alpha value is -0.640. The van der Waals surface area contributed by atoms with Gasteiger partial charge in [-0.05, 0) is 25.0 Å². The van der Waals surface area contributed by atoms with E-state index in [4.69, 9.17) is 0 Å². The maximum Gasteiger partial charge on any atom is 0.203 e. The Labute approximate surface area is 102 Å². The summed E-state index contributed by atoms with van der Waals surface area (Å²) in [5.41, 5.74) is 0. The molecule has 1 saturated heterocycles. The van der Waals surface area contributed by atoms with E-state index in [1.807, 2.05) is 18.0 Å². The van der Waals surface area contributed by atoms with Crippen LogP contribution in [0.4, 0.5) is 5.95 Å². The van der Waals surface area contributed by atoms with Gasteiger partial charge >= 0.3 is 0 Å². The summed E-state index contributed by atoms with van der Waals surface area (Å²) in [4.78, 5) is 4.41. The average molecular weight is 239 g/mol. The first-order valence-electron chi connectivity index (χ1n) is 6.25. The van der Waals surface area contributed by atoms with Gasteiger partial charge in [0.25, 0.3) is 0 Å². The molecule has 1 aliphatic heterocycles. The third kappa shape index (κ3) is 3.17. The molecular weight excluding hydrogens is 218 g/mol. The van der Waals surface area contributed by atoms with E-state index in [0.29, 0.717) is 6.04 Å². The maximum atomic E-state index is 4.41. The van der Waals surface area contributed by atoms with Gasteiger partial charge in [-0.1, -0.05) is 13.3 Å². The molecule has 3 nitrogen and oxygen atoms in total. The third-order valence-electron chi connectivity index (χ3n) is 2.96. The van der Waals surface area contributed by atoms with Crippen LogP contribution < -0.4 is 5.32 Å². The Morgan fingerprint density at radius 3 is 3.31 bits per heavy atom. The van der Waals surface area contributed by atoms with Crippen molar-refractivity contribution in [3.05, 3.63) is 12.4 Å². The Morgan fingerprint density at radius 2 is 2.56 bits per heavy atom. The van der Waals surface area contributed by atoms with E-state index in [-0.39, 0.29) is 0 Å². The monoisotopic (exact) mass is 239 g/mol. The molecule has 1 unspecified atom stereocenters. The summed E-state index contributed by atoms with van der Waals surface area (Å²) < 4.78 is 2.24. The molecule has 2 heterocycles. The molecule has 1 aliphatic rings. The van der Waals surface area contributed by atoms with E-state index in [1.54, 1.807) is 0 Å². The number of anilines is 1. The molecule has 1 N–H and O–H groups in total. The van der Waals surface area contributed by atoms with E-state index < -0.39 is 0 Å². The van der Waals surface area contributed by atoms with Crippen molar-refractivity contribution >= 4 is 17.7 Å². The first kappa shape index (κ1) is 11.8. The van der Waals surface area contributed by atoms with E-state index in [1.165, 1.54) is 37.2 Å². The van der Waals surface area contributed by atoms with E-state index in [9.17, 15) is 0 Å². The normalized spacial score (nSPS) is 20.9. The van der Waals surface area contributed by atoms with Gasteiger partial charge in [-0.15, -0.1) is 0 Å². The third-order valence-corrected chi connectivity index (χ3v) is 4.18. The molecule has 0 aromatic carbocycles. The Bertz CT molecular complexity index is 305. The van der Waals surface area contributed by atoms with Crippen molar-refractivity contribution in [3.8, 4) is 0 Å². The maximum absolute atomic E-state index is 4.41. The summed E-state index contributed by atoms with van der Waals surface area (Å²) >= 11 is 2.05. The number of imidazole rings is 1. The summed E-state index contributed by atoms with van der Waals surface area (Å²) in [7, 11) is 0. The molecule has 2 rings (SSSR count). The van der Waals surface area contributed by atoms with Crippen LogP contribution in [0.25, 0.3) is 0 Å². The van der Waals surface area contributed by atoms with Gasteiger partial charge in [0.1, 0.15) is 0 Å². The lowest BCUT2D eigenvalue weighted by atomic mass is 10.2. The minimum Gasteiger partial charge on any atom is -0.352 e. The topological polar surface area (TPSA) is 29.9 Å². The quantitative estimate of drug-likeness (QED) is 0.856. The zero-order valence-corrected chi connectivity index (χ0v) is 10.8. The lowest BCUT2D eigenvalue weighted by molar-refractivity contribution is 0.619. The predicted molar refractivity (Wildman–Crippen MR) is 71.1 cm³/mol. The van der Waals surface area contributed by atoms with Gasteiger partial charge < -0.3 is 9.88 Å². The van der Waals surface area contributed by atoms with Gasteiger partial charge in [-0.3, -0.25) is 0 Å². The summed E-state index contributed by atoms with van der Waals surface area (Å²) in [6.45, 7) is 3.31. The molecule has 1 aromatic rings. The number of aryl methyl sites for hydroxylation is 1. The molecule has 0 bridgehead atoms. The molecule has 0 saturated carbocycles. The Balaban J connectivity index is 1.89. The van der Waals surface area contributed by atoms with Crippen LogP contribution in [0.3, 0.4) is 0 Å². The minimum absolute atomic E-state index is 0.613. The van der Waals surface area contributed by atoms with E-state index >= 15 is 0 Å². The van der Waals surface area contributed by atoms with Crippen molar-refractivity contribution in [2.45, 2.75) is 45.2 Å². The average Bonchev–Trinajstić information content (AvgIpc) is 2.75. The number of hydrogen-bond acceptors (Lipinski definition) is 3. The van der Waals surface area contributed by atoms with Crippen molar-refractivity contribution in [1.82, 2.24) is 9.55 Å². The number of nitrogens with zero attached hydrogens (tertiary/aromatic N) is 2. The molecular formula is C12H21N3S. The fraction of sp³-hybridized carbons (Fsp3) is 0.750. The first-order chi connectivity index (χ1) is 7.90. The molecule has 16 heavy (non-hydrogen) atoms. The highest BCUT2D eigenvalue weighted by atomic mass is 32.2. The van der Waals surface area contributed by atoms with Crippen molar-refractivity contribution in [2.75, 3.05) is 16.8 Å². The van der Waals surface area contributed by atoms with Gasteiger partial charge in [0.05, 0.1) is 0 Å². The number of unbranched alkanes of at least 4 members (excludes halogenated alkanes) is 1. The highest BCUT2D eigenvalue weighted by Crippen LogP contribution is 2.20. The van der Waals surface area contributed by atoms with Crippen LogP contribution in [0.1, 0.15) is 32.6 Å². The van der Waals surface area contributed by atoms with Gasteiger partial charge in [0, 0.05) is 30.7 Å². The zero-order valence-electron chi connectivity index (χ0n) is 9.98. The second kappa shape index (κ2) is 6.18. The summed E-state index contributed by atoms with van der Waals surface area (Å²) in [6, 6.07) is 0.613. The number of aromatic nitrogens is 2. The van der Waals surface area contributed by atoms with Crippen LogP contribution in [0.5, 0.6) is 0 Å². The number of hydrogen-bond donors (Lipinski definition) is 1. The lowest BCUT2D eigenvalue weighted by Crippen LogP contribution is -2.27. The molecule has 0 spiro atoms. The van der Waals surface area contributed by atoms with Gasteiger partial charge in [-0.25, -0.2) is 4.98 Å². The second-order valence-electron chi connectivity index (χ2n) is 4.36. The van der Waals surface area contributed by atoms with Crippen LogP contribution in [-0.2, 0) is 6.54 Å². The highest BCUT2D eigenvalue weighted by Gasteiger charge is 2.15. The predicted octanol–water partition coefficient (Wildman–Crippen LogP) is 2.99. The van der Waals surface area contributed by atoms with Crippen LogP contribution in [-0.4, -0.2) is 27.1 Å². The molecule has 0 radical (unpaired) electrons. The molecule has 90 valence electrons. The molecule has 1 aromatic heterocycles. The van der Waals surface area contributed by atoms with Crippen LogP contribution in [0, 0.1) is 0 Å². The Kier molecular flexibility index (Phi) is 4.57. The van der Waals surface area contributed by atoms with E-state index in [0.717, 1.165) is 12.5 Å². The van der Waals surface area contributed by atoms with Gasteiger partial charge in [0.2, 0.25) is 5.95 Å². The fourth-order valence-electron chi connectivity index (χ4n) is 2.00. The first-order valence-corrected chi connectivity index (χ1v) is 7.41. The largest absolute Gasteiger partial charge is 0.352 e. The van der Waals surface area contributed by atoms with Crippen LogP contribution >= 0.6 is 11.8 Å². The summed E-state index contributed by atoms with van der Waals surface area (Å²) in [5.74, 6) is 3.60. The van der Waals surface area contributed by atoms with Crippen molar-refractivity contribution in [2.24, 2.45) is 0 Å². The summed E-state index contributed by atoms with van der Waals surface area (Å²) in [6.07, 6.45) is 9.05. The van der Waals surface area contributed by atoms with E-state index in [2.05, 4.69) is 28.0 Å². The van der Waals surface area contributed by atoms with Crippen molar-refractivity contribution < 1.29 is 0 Å². The summed E-state index contributed by atoms with van der Waals surface area (Å²) in [5, 5.41) is 3.57. The Morgan fingerprint density at radius 1 is 1.62 bits per heavy atom. The standard InChI is InChI=1S/C12H21N3S/c1-2-3-7-15-8-6-13-12(15)14-11-5-4-9-16-10-11/h6,8,11H,2-5,7,9-10H2,1H3,(H,13,14). The highest BCUT2D eigenvalue weighted by molar-refractivity contribution is 7.99. The molecule has 0 amide bonds. The smallest absolute Gasteiger partial charge is 0.203 e. The second-order valence-corrected chi connectivity index (χ2v) is 5.51. The van der Waals surface area contributed by atoms with Crippen molar-refractivity contribution in [1.29, 1.82) is 0 Å². The number of thioether (sulfide) groups is 1. The zero-order chi connectivity index (χ0) is 11.2. The lowest BCUT2D eigenvalue weighted by Gasteiger charge is -2.23. The molecule has 4 heteroatoms. The van der Waals surface area contributed by atoms with Crippen molar-refractivity contribution in [3.63, 3.8) is 0 Å². The number of rotatable bonds is 5. The molecule has 1 atom stereocenters. The SMILES string of the molecule is CCCCn1ccnc1NC1CCCSC1. The van der Waals surface area contributed by atoms with Gasteiger partial charge in [0.15, 0.2) is 0 Å². The van der Waals surface area contributed by atoms with Crippen LogP contribution in [0.2, 0.25) is 0 Å². The minimum atomic E-state index is 0.613. The molecule has 0 aliphatic carbocycles. The fourth-order valence-corrected chi connectivity index (χ4v) is 3.07. The van der Waals surface area contributed by atoms with Crippen LogP contribution in [0.15, 0.2) is 12.4 Å².